The molecular formula is C30H24N4O3. The lowest BCUT2D eigenvalue weighted by Gasteiger charge is -2.18. The van der Waals surface area contributed by atoms with Crippen molar-refractivity contribution in [1.82, 2.24) is 10.3 Å². The maximum absolute atomic E-state index is 13.0. The van der Waals surface area contributed by atoms with Crippen LogP contribution in [0.2, 0.25) is 0 Å². The van der Waals surface area contributed by atoms with Gasteiger partial charge in [0.25, 0.3) is 5.91 Å². The minimum absolute atomic E-state index is 0.161. The number of nitrogen functional groups attached to an aromatic ring is 1. The molecule has 2 bridgehead atoms. The number of amides is 1. The SMILES string of the molecule is Cc1cc(N)nc(C)c1CNC(=O)c1ccc2c(c1)C1OC2c2ccc(Oc3ccccc3C#N)cc21. The van der Waals surface area contributed by atoms with E-state index in [0.717, 1.165) is 39.1 Å². The summed E-state index contributed by atoms with van der Waals surface area (Å²) < 4.78 is 12.3. The van der Waals surface area contributed by atoms with E-state index in [1.807, 2.05) is 62.4 Å². The van der Waals surface area contributed by atoms with Gasteiger partial charge >= 0.3 is 0 Å². The number of hydrogen-bond donors (Lipinski definition) is 2. The molecule has 0 radical (unpaired) electrons. The second-order valence-electron chi connectivity index (χ2n) is 9.35. The van der Waals surface area contributed by atoms with Gasteiger partial charge in [-0.1, -0.05) is 24.3 Å². The smallest absolute Gasteiger partial charge is 0.251 e. The van der Waals surface area contributed by atoms with Crippen molar-refractivity contribution in [1.29, 1.82) is 5.26 Å². The number of aryl methyl sites for hydroxylation is 2. The number of rotatable bonds is 5. The molecule has 2 atom stereocenters. The number of nitrogens with zero attached hydrogens (tertiary/aromatic N) is 2. The van der Waals surface area contributed by atoms with Gasteiger partial charge in [0, 0.05) is 17.8 Å². The molecule has 7 nitrogen and oxygen atoms in total. The number of hydrogen-bond acceptors (Lipinski definition) is 6. The average molecular weight is 489 g/mol. The quantitative estimate of drug-likeness (QED) is 0.389. The second-order valence-corrected chi connectivity index (χ2v) is 9.35. The molecule has 2 aliphatic heterocycles. The summed E-state index contributed by atoms with van der Waals surface area (Å²) in [5.74, 6) is 1.46. The third-order valence-electron chi connectivity index (χ3n) is 7.04. The summed E-state index contributed by atoms with van der Waals surface area (Å²) in [5.41, 5.74) is 13.8. The van der Waals surface area contributed by atoms with Gasteiger partial charge in [0.2, 0.25) is 0 Å². The number of fused-ring (bicyclic) bond motifs is 8. The van der Waals surface area contributed by atoms with Crippen LogP contribution in [0.25, 0.3) is 0 Å². The molecule has 0 aliphatic carbocycles. The number of aromatic nitrogens is 1. The Kier molecular flexibility index (Phi) is 5.40. The molecule has 4 aromatic rings. The molecule has 1 aromatic heterocycles. The topological polar surface area (TPSA) is 110 Å². The van der Waals surface area contributed by atoms with Gasteiger partial charge in [0.15, 0.2) is 0 Å². The fraction of sp³-hybridized carbons (Fsp3) is 0.167. The van der Waals surface area contributed by atoms with Gasteiger partial charge < -0.3 is 20.5 Å². The largest absolute Gasteiger partial charge is 0.456 e. The second kappa shape index (κ2) is 8.77. The van der Waals surface area contributed by atoms with Crippen molar-refractivity contribution in [2.45, 2.75) is 32.6 Å². The van der Waals surface area contributed by atoms with Crippen molar-refractivity contribution in [3.63, 3.8) is 0 Å². The summed E-state index contributed by atoms with van der Waals surface area (Å²) in [4.78, 5) is 17.3. The van der Waals surface area contributed by atoms with E-state index in [2.05, 4.69) is 16.4 Å². The summed E-state index contributed by atoms with van der Waals surface area (Å²) in [6.07, 6.45) is -0.443. The standard InChI is InChI=1S/C30H24N4O3/c1-16-11-27(32)34-17(2)25(16)15-33-30(35)18-7-9-21-23(12-18)29-24-13-20(8-10-22(24)28(21)37-29)36-26-6-4-3-5-19(26)14-31/h3-13,28-29H,15H2,1-2H3,(H2,32,34)(H,33,35). The molecular weight excluding hydrogens is 464 g/mol. The number of carbonyl (C=O) groups excluding carboxylic acids is 1. The molecule has 1 amide bonds. The lowest BCUT2D eigenvalue weighted by molar-refractivity contribution is 0.0857. The van der Waals surface area contributed by atoms with E-state index in [1.54, 1.807) is 18.2 Å². The Morgan fingerprint density at radius 1 is 1.03 bits per heavy atom. The van der Waals surface area contributed by atoms with Gasteiger partial charge in [0.1, 0.15) is 35.6 Å². The van der Waals surface area contributed by atoms with E-state index in [-0.39, 0.29) is 18.1 Å². The fourth-order valence-electron chi connectivity index (χ4n) is 5.23. The van der Waals surface area contributed by atoms with Crippen LogP contribution in [0.15, 0.2) is 66.7 Å². The van der Waals surface area contributed by atoms with Crippen LogP contribution in [0.5, 0.6) is 11.5 Å². The number of ether oxygens (including phenoxy) is 2. The highest BCUT2D eigenvalue weighted by molar-refractivity contribution is 5.94. The van der Waals surface area contributed by atoms with Crippen LogP contribution in [-0.2, 0) is 11.3 Å². The third-order valence-corrected chi connectivity index (χ3v) is 7.04. The minimum atomic E-state index is -0.275. The van der Waals surface area contributed by atoms with Crippen LogP contribution < -0.4 is 15.8 Å². The molecule has 6 rings (SSSR count). The van der Waals surface area contributed by atoms with Gasteiger partial charge in [-0.3, -0.25) is 4.79 Å². The molecule has 2 unspecified atom stereocenters. The molecule has 0 spiro atoms. The van der Waals surface area contributed by atoms with Crippen molar-refractivity contribution in [2.75, 3.05) is 5.73 Å². The summed E-state index contributed by atoms with van der Waals surface area (Å²) in [7, 11) is 0. The van der Waals surface area contributed by atoms with Crippen molar-refractivity contribution in [3.05, 3.63) is 117 Å². The predicted octanol–water partition coefficient (Wildman–Crippen LogP) is 5.40. The lowest BCUT2D eigenvalue weighted by Crippen LogP contribution is -2.24. The first kappa shape index (κ1) is 22.8. The summed E-state index contributed by atoms with van der Waals surface area (Å²) in [6, 6.07) is 22.7. The maximum atomic E-state index is 13.0. The number of nitrogens with two attached hydrogens (primary N) is 1. The van der Waals surface area contributed by atoms with Crippen LogP contribution in [-0.4, -0.2) is 10.9 Å². The molecule has 2 aliphatic rings. The van der Waals surface area contributed by atoms with E-state index >= 15 is 0 Å². The molecule has 7 heteroatoms. The normalized spacial score (nSPS) is 16.6. The maximum Gasteiger partial charge on any atom is 0.251 e. The van der Waals surface area contributed by atoms with E-state index in [4.69, 9.17) is 15.2 Å². The minimum Gasteiger partial charge on any atom is -0.456 e. The monoisotopic (exact) mass is 488 g/mol. The highest BCUT2D eigenvalue weighted by Crippen LogP contribution is 2.55. The van der Waals surface area contributed by atoms with Crippen LogP contribution in [0.4, 0.5) is 5.82 Å². The molecule has 0 saturated heterocycles. The molecule has 37 heavy (non-hydrogen) atoms. The van der Waals surface area contributed by atoms with Crippen molar-refractivity contribution in [2.24, 2.45) is 0 Å². The van der Waals surface area contributed by atoms with Crippen LogP contribution in [0.3, 0.4) is 0 Å². The highest BCUT2D eigenvalue weighted by atomic mass is 16.5. The zero-order valence-corrected chi connectivity index (χ0v) is 20.4. The lowest BCUT2D eigenvalue weighted by atomic mass is 9.85. The van der Waals surface area contributed by atoms with Crippen LogP contribution in [0, 0.1) is 25.2 Å². The predicted molar refractivity (Wildman–Crippen MR) is 138 cm³/mol. The van der Waals surface area contributed by atoms with E-state index in [1.165, 1.54) is 0 Å². The van der Waals surface area contributed by atoms with Gasteiger partial charge in [-0.25, -0.2) is 4.98 Å². The molecule has 3 aromatic carbocycles. The Labute approximate surface area is 214 Å². The number of pyridine rings is 1. The molecule has 182 valence electrons. The van der Waals surface area contributed by atoms with Gasteiger partial charge in [-0.05, 0) is 89.7 Å². The average Bonchev–Trinajstić information content (AvgIpc) is 3.45. The molecule has 3 heterocycles. The highest BCUT2D eigenvalue weighted by Gasteiger charge is 2.43. The van der Waals surface area contributed by atoms with Crippen molar-refractivity contribution < 1.29 is 14.3 Å². The number of para-hydroxylation sites is 1. The zero-order chi connectivity index (χ0) is 25.7. The Morgan fingerprint density at radius 2 is 1.76 bits per heavy atom. The summed E-state index contributed by atoms with van der Waals surface area (Å²) in [5, 5.41) is 12.4. The van der Waals surface area contributed by atoms with E-state index in [0.29, 0.717) is 35.0 Å². The number of nitrogens with one attached hydrogen (secondary N) is 1. The summed E-state index contributed by atoms with van der Waals surface area (Å²) >= 11 is 0. The number of anilines is 1. The zero-order valence-electron chi connectivity index (χ0n) is 20.4. The molecule has 0 saturated carbocycles. The first-order valence-corrected chi connectivity index (χ1v) is 12.0. The van der Waals surface area contributed by atoms with Gasteiger partial charge in [-0.15, -0.1) is 0 Å². The van der Waals surface area contributed by atoms with Crippen molar-refractivity contribution in [3.8, 4) is 17.6 Å². The number of carbonyl (C=O) groups is 1. The Morgan fingerprint density at radius 3 is 2.54 bits per heavy atom. The first-order valence-electron chi connectivity index (χ1n) is 12.0. The fourth-order valence-corrected chi connectivity index (χ4v) is 5.23. The van der Waals surface area contributed by atoms with Crippen LogP contribution in [0.1, 0.15) is 67.2 Å². The Bertz CT molecular complexity index is 1600. The van der Waals surface area contributed by atoms with E-state index < -0.39 is 0 Å². The van der Waals surface area contributed by atoms with Gasteiger partial charge in [-0.2, -0.15) is 5.26 Å². The van der Waals surface area contributed by atoms with E-state index in [9.17, 15) is 10.1 Å². The first-order chi connectivity index (χ1) is 17.9. The Balaban J connectivity index is 1.23. The molecule has 0 fully saturated rings. The van der Waals surface area contributed by atoms with Crippen molar-refractivity contribution >= 4 is 11.7 Å². The number of benzene rings is 3. The third kappa shape index (κ3) is 3.88. The Hall–Kier alpha value is -4.67. The van der Waals surface area contributed by atoms with Gasteiger partial charge in [0.05, 0.1) is 5.56 Å². The summed E-state index contributed by atoms with van der Waals surface area (Å²) in [6.45, 7) is 4.23. The number of nitriles is 1. The van der Waals surface area contributed by atoms with Crippen LogP contribution >= 0.6 is 0 Å². The molecule has 3 N–H and O–H groups in total.